The third-order valence-electron chi connectivity index (χ3n) is 4.79. The summed E-state index contributed by atoms with van der Waals surface area (Å²) < 4.78 is 0. The smallest absolute Gasteiger partial charge is 0.260 e. The molecule has 4 rings (SSSR count). The minimum absolute atomic E-state index is 0.0106. The summed E-state index contributed by atoms with van der Waals surface area (Å²) in [5.74, 6) is -0.597. The highest BCUT2D eigenvalue weighted by Crippen LogP contribution is 2.35. The Morgan fingerprint density at radius 1 is 1.13 bits per heavy atom. The van der Waals surface area contributed by atoms with Crippen LogP contribution in [0.3, 0.4) is 0 Å². The van der Waals surface area contributed by atoms with Crippen LogP contribution in [0.4, 0.5) is 10.8 Å². The molecule has 3 aromatic rings. The van der Waals surface area contributed by atoms with Gasteiger partial charge in [0.2, 0.25) is 11.0 Å². The molecule has 1 saturated heterocycles. The van der Waals surface area contributed by atoms with Crippen molar-refractivity contribution >= 4 is 68.8 Å². The van der Waals surface area contributed by atoms with Crippen molar-refractivity contribution in [2.24, 2.45) is 0 Å². The largest absolute Gasteiger partial charge is 0.312 e. The number of anilines is 2. The second-order valence-electron chi connectivity index (χ2n) is 6.84. The lowest BCUT2D eigenvalue weighted by molar-refractivity contribution is -0.117. The molecule has 1 atom stereocenters. The highest BCUT2D eigenvalue weighted by Gasteiger charge is 2.34. The highest BCUT2D eigenvalue weighted by atomic mass is 35.5. The maximum atomic E-state index is 12.5. The summed E-state index contributed by atoms with van der Waals surface area (Å²) in [4.78, 5) is 26.8. The van der Waals surface area contributed by atoms with Crippen LogP contribution in [0.5, 0.6) is 0 Å². The van der Waals surface area contributed by atoms with Gasteiger partial charge >= 0.3 is 0 Å². The Kier molecular flexibility index (Phi) is 5.97. The average Bonchev–Trinajstić information content (AvgIpc) is 3.30. The van der Waals surface area contributed by atoms with Crippen LogP contribution in [-0.4, -0.2) is 28.6 Å². The normalized spacial score (nSPS) is 16.2. The first-order valence-corrected chi connectivity index (χ1v) is 10.9. The summed E-state index contributed by atoms with van der Waals surface area (Å²) in [7, 11) is 0. The number of benzene rings is 2. The number of hydrogen-bond acceptors (Lipinski definition) is 5. The van der Waals surface area contributed by atoms with E-state index in [-0.39, 0.29) is 27.4 Å². The van der Waals surface area contributed by atoms with E-state index < -0.39 is 5.91 Å². The van der Waals surface area contributed by atoms with Crippen LogP contribution in [0.25, 0.3) is 0 Å². The van der Waals surface area contributed by atoms with Crippen molar-refractivity contribution in [1.82, 2.24) is 10.2 Å². The topological polar surface area (TPSA) is 75.2 Å². The molecule has 0 saturated carbocycles. The molecule has 30 heavy (non-hydrogen) atoms. The van der Waals surface area contributed by atoms with E-state index in [0.717, 1.165) is 11.3 Å². The van der Waals surface area contributed by atoms with Crippen LogP contribution < -0.4 is 10.2 Å². The monoisotopic (exact) mass is 480 g/mol. The Balaban J connectivity index is 1.48. The van der Waals surface area contributed by atoms with E-state index in [1.807, 2.05) is 19.1 Å². The van der Waals surface area contributed by atoms with Crippen LogP contribution in [0.1, 0.15) is 33.3 Å². The van der Waals surface area contributed by atoms with Gasteiger partial charge in [0.15, 0.2) is 0 Å². The minimum atomic E-state index is -0.466. The SMILES string of the molecule is Cc1ccc(N2CC(c3nnc(NC(=O)c4c(Cl)cccc4Cl)s3)CC2=O)cc1Cl. The van der Waals surface area contributed by atoms with Gasteiger partial charge < -0.3 is 4.90 Å². The quantitative estimate of drug-likeness (QED) is 0.528. The lowest BCUT2D eigenvalue weighted by Crippen LogP contribution is -2.24. The molecule has 6 nitrogen and oxygen atoms in total. The van der Waals surface area contributed by atoms with Crippen LogP contribution in [0.2, 0.25) is 15.1 Å². The summed E-state index contributed by atoms with van der Waals surface area (Å²) in [5.41, 5.74) is 1.88. The zero-order valence-electron chi connectivity index (χ0n) is 15.7. The van der Waals surface area contributed by atoms with Gasteiger partial charge in [-0.3, -0.25) is 14.9 Å². The molecular weight excluding hydrogens is 467 g/mol. The summed E-state index contributed by atoms with van der Waals surface area (Å²) in [5, 5.41) is 13.0. The van der Waals surface area contributed by atoms with E-state index in [1.165, 1.54) is 11.3 Å². The van der Waals surface area contributed by atoms with Crippen molar-refractivity contribution in [3.8, 4) is 0 Å². The predicted molar refractivity (Wildman–Crippen MR) is 120 cm³/mol. The number of amides is 2. The maximum Gasteiger partial charge on any atom is 0.260 e. The highest BCUT2D eigenvalue weighted by molar-refractivity contribution is 7.15. The summed E-state index contributed by atoms with van der Waals surface area (Å²) in [6.07, 6.45) is 0.310. The Hall–Kier alpha value is -2.19. The first-order chi connectivity index (χ1) is 14.3. The molecule has 1 unspecified atom stereocenters. The van der Waals surface area contributed by atoms with Gasteiger partial charge in [0.05, 0.1) is 15.6 Å². The third kappa shape index (κ3) is 4.16. The zero-order chi connectivity index (χ0) is 21.4. The Bertz CT molecular complexity index is 1130. The van der Waals surface area contributed by atoms with Gasteiger partial charge in [-0.25, -0.2) is 0 Å². The summed E-state index contributed by atoms with van der Waals surface area (Å²) in [6.45, 7) is 2.38. The lowest BCUT2D eigenvalue weighted by atomic mass is 10.1. The van der Waals surface area contributed by atoms with Crippen molar-refractivity contribution < 1.29 is 9.59 Å². The summed E-state index contributed by atoms with van der Waals surface area (Å²) in [6, 6.07) is 10.4. The molecule has 0 aliphatic carbocycles. The Morgan fingerprint density at radius 2 is 1.87 bits per heavy atom. The molecule has 1 aromatic heterocycles. The molecule has 0 radical (unpaired) electrons. The van der Waals surface area contributed by atoms with E-state index in [4.69, 9.17) is 34.8 Å². The van der Waals surface area contributed by atoms with Gasteiger partial charge in [-0.2, -0.15) is 0 Å². The lowest BCUT2D eigenvalue weighted by Gasteiger charge is -2.17. The fraction of sp³-hybridized carbons (Fsp3) is 0.200. The molecule has 2 aromatic carbocycles. The van der Waals surface area contributed by atoms with Gasteiger partial charge in [-0.1, -0.05) is 58.3 Å². The fourth-order valence-corrected chi connectivity index (χ4v) is 4.77. The number of rotatable bonds is 4. The van der Waals surface area contributed by atoms with E-state index >= 15 is 0 Å². The van der Waals surface area contributed by atoms with Gasteiger partial charge in [0, 0.05) is 29.6 Å². The number of aromatic nitrogens is 2. The van der Waals surface area contributed by atoms with Crippen LogP contribution in [0.15, 0.2) is 36.4 Å². The van der Waals surface area contributed by atoms with Crippen molar-refractivity contribution in [1.29, 1.82) is 0 Å². The van der Waals surface area contributed by atoms with Crippen molar-refractivity contribution in [3.63, 3.8) is 0 Å². The number of aryl methyl sites for hydroxylation is 1. The molecule has 2 heterocycles. The van der Waals surface area contributed by atoms with Crippen molar-refractivity contribution in [2.45, 2.75) is 19.3 Å². The first kappa shape index (κ1) is 21.1. The van der Waals surface area contributed by atoms with Crippen LogP contribution in [0, 0.1) is 6.92 Å². The average molecular weight is 482 g/mol. The standard InChI is InChI=1S/C20H15Cl3N4O2S/c1-10-5-6-12(8-15(10)23)27-9-11(7-16(27)28)19-25-26-20(30-19)24-18(29)17-13(21)3-2-4-14(17)22/h2-6,8,11H,7,9H2,1H3,(H,24,26,29). The minimum Gasteiger partial charge on any atom is -0.312 e. The van der Waals surface area contributed by atoms with Gasteiger partial charge in [-0.05, 0) is 36.8 Å². The number of carbonyl (C=O) groups is 2. The molecule has 0 spiro atoms. The third-order valence-corrected chi connectivity index (χ3v) is 6.83. The van der Waals surface area contributed by atoms with E-state index in [2.05, 4.69) is 15.5 Å². The molecule has 1 aliphatic heterocycles. The fourth-order valence-electron chi connectivity index (χ4n) is 3.20. The number of carbonyl (C=O) groups excluding carboxylic acids is 2. The number of halogens is 3. The van der Waals surface area contributed by atoms with E-state index in [0.29, 0.717) is 28.1 Å². The molecule has 1 aliphatic rings. The summed E-state index contributed by atoms with van der Waals surface area (Å²) >= 11 is 19.6. The molecule has 10 heteroatoms. The first-order valence-electron chi connectivity index (χ1n) is 8.98. The van der Waals surface area contributed by atoms with Crippen molar-refractivity contribution in [3.05, 3.63) is 67.6 Å². The molecular formula is C20H15Cl3N4O2S. The predicted octanol–water partition coefficient (Wildman–Crippen LogP) is 5.58. The number of nitrogens with one attached hydrogen (secondary N) is 1. The molecule has 1 N–H and O–H groups in total. The molecule has 1 fully saturated rings. The van der Waals surface area contributed by atoms with Gasteiger partial charge in [0.25, 0.3) is 5.91 Å². The molecule has 2 amide bonds. The van der Waals surface area contributed by atoms with E-state index in [9.17, 15) is 9.59 Å². The second-order valence-corrected chi connectivity index (χ2v) is 9.07. The van der Waals surface area contributed by atoms with Crippen LogP contribution >= 0.6 is 46.1 Å². The molecule has 0 bridgehead atoms. The Morgan fingerprint density at radius 3 is 2.57 bits per heavy atom. The zero-order valence-corrected chi connectivity index (χ0v) is 18.7. The number of nitrogens with zero attached hydrogens (tertiary/aromatic N) is 3. The maximum absolute atomic E-state index is 12.5. The second kappa shape index (κ2) is 8.51. The number of hydrogen-bond donors (Lipinski definition) is 1. The Labute approximate surface area is 191 Å². The van der Waals surface area contributed by atoms with Gasteiger partial charge in [-0.15, -0.1) is 10.2 Å². The van der Waals surface area contributed by atoms with Gasteiger partial charge in [0.1, 0.15) is 5.01 Å². The van der Waals surface area contributed by atoms with Crippen LogP contribution in [-0.2, 0) is 4.79 Å². The van der Waals surface area contributed by atoms with Crippen molar-refractivity contribution in [2.75, 3.05) is 16.8 Å². The van der Waals surface area contributed by atoms with E-state index in [1.54, 1.807) is 29.2 Å². The molecule has 154 valence electrons.